The Kier molecular flexibility index (Phi) is 0.957. The molecule has 0 heterocycles. The highest BCUT2D eigenvalue weighted by Crippen LogP contribution is 3.61. The van der Waals surface area contributed by atoms with Crippen LogP contribution in [0.4, 0.5) is 0 Å². The fraction of sp³-hybridized carbons (Fsp3) is 1.00. The van der Waals surface area contributed by atoms with Crippen molar-refractivity contribution in [2.75, 3.05) is 0 Å². The Bertz CT molecular complexity index is 2890. The molecular weight excluding hydrogens is 625 g/mol. The van der Waals surface area contributed by atoms with Gasteiger partial charge in [-0.15, -0.1) is 0 Å². The van der Waals surface area contributed by atoms with Crippen molar-refractivity contribution in [3.63, 3.8) is 0 Å². The van der Waals surface area contributed by atoms with Crippen molar-refractivity contribution in [3.05, 3.63) is 0 Å². The lowest BCUT2D eigenvalue weighted by Crippen LogP contribution is -3.56. The molecule has 0 aromatic carbocycles. The number of hydrogen-bond acceptors (Lipinski definition) is 0. The standard InChI is InChI=1S/C52H34/c1-5-6-2-10-14-18-22-27-30-28-24-20-16-12-4-8-7-3-11-15-19-23-26-29-25-21-17-13-9(1)31(5)32(6,10)36(14)35(13,31)39(17)40(18,36)44(22)43(21,39)47(25)48(27,44)52(30)50(28)46(24)42(20)38(16)34(8,12)33(7,11)37(15,38)41(19,42)45(23,46)49(26,50)51(29,47)52/h5-30H,1-4H2/t5-,6?,7?,8?,9+,10?,11-,12?,13+,14?,15-,16?,17+,18?,19-,20?,21+,22?,23-,24?,25+,26-,27?,28?,29?,30?,31?,32+,33?,34-,35?,36-,37?,38+,39?,40-,41?,42+,43?,44-,45?,46+,47?,48-,49?,50+,51?,52?/m1/s1. The third-order valence-electron chi connectivity index (χ3n) is 44.1. The van der Waals surface area contributed by atoms with E-state index in [9.17, 15) is 0 Å². The highest BCUT2D eigenvalue weighted by Gasteiger charge is 3.59. The lowest BCUT2D eigenvalue weighted by Gasteiger charge is -3.58. The molecule has 0 heteroatoms. The molecule has 0 aromatic heterocycles. The first-order valence-corrected chi connectivity index (χ1v) is 25.9. The van der Waals surface area contributed by atoms with Crippen LogP contribution in [0.25, 0.3) is 0 Å². The zero-order chi connectivity index (χ0) is 28.8. The van der Waals surface area contributed by atoms with Gasteiger partial charge in [0, 0.05) is 0 Å². The average molecular weight is 659 g/mol. The highest BCUT2D eigenvalue weighted by atomic mass is 15.6. The molecule has 242 valence electrons. The minimum absolute atomic E-state index is 1.10. The second-order valence-corrected chi connectivity index (χ2v) is 33.3. The lowest BCUT2D eigenvalue weighted by molar-refractivity contribution is -1.13. The molecule has 36 aliphatic carbocycles. The molecule has 48 atom stereocenters. The van der Waals surface area contributed by atoms with Crippen LogP contribution in [0.5, 0.6) is 0 Å². The number of hydrogen-bond donors (Lipinski definition) is 0. The summed E-state index contributed by atoms with van der Waals surface area (Å²) in [6, 6.07) is 0. The summed E-state index contributed by atoms with van der Waals surface area (Å²) in [7, 11) is 0. The molecule has 22 spiro atoms. The van der Waals surface area contributed by atoms with Crippen LogP contribution >= 0.6 is 0 Å². The van der Waals surface area contributed by atoms with Gasteiger partial charge in [-0.1, -0.05) is 0 Å². The Balaban J connectivity index is 0.742. The van der Waals surface area contributed by atoms with E-state index in [4.69, 9.17) is 0 Å². The first kappa shape index (κ1) is 17.9. The Labute approximate surface area is 297 Å². The summed E-state index contributed by atoms with van der Waals surface area (Å²) in [5, 5.41) is 0. The van der Waals surface area contributed by atoms with Gasteiger partial charge in [-0.2, -0.15) is 0 Å². The largest absolute Gasteiger partial charge is 0.0458 e. The van der Waals surface area contributed by atoms with E-state index >= 15 is 0 Å². The molecule has 0 aromatic rings. The maximum Gasteiger partial charge on any atom is -0.00502 e. The van der Waals surface area contributed by atoms with E-state index in [2.05, 4.69) is 0 Å². The topological polar surface area (TPSA) is 0 Å². The number of fused-ring (bicyclic) bond motifs is 22. The summed E-state index contributed by atoms with van der Waals surface area (Å²) in [5.41, 5.74) is 24.6. The molecule has 36 fully saturated rings. The molecule has 27 unspecified atom stereocenters. The summed E-state index contributed by atoms with van der Waals surface area (Å²) in [4.78, 5) is 0. The summed E-state index contributed by atoms with van der Waals surface area (Å²) in [6.45, 7) is 0. The molecule has 0 amide bonds. The number of rotatable bonds is 0. The SMILES string of the molecule is C1C2C3C4C5C6C7C8C9C%10C%11C%12CC%13C%14C[C@@H]%15[C@@H]%16[C@@H]%17[C@@H]%18[C@@H]%19C%20[C@@H]%21[C@@H]%22[C@@H]%23[C@@H]%24[C@@H]%25C[C@@H]%26C1[C@@]21C%26%25C%242C%23%24C%22%23C%21%22C%20%21C%19%20C%18%19C%17%18C%16%17C%14%15[C@@]%13%12[C@@]%11%17[C@@]%10%18[C@@]9%19[C@@]8%20C7%21[C@@]6%22[C@@]5%23[C@@]4%24[C@@]321. The van der Waals surface area contributed by atoms with Crippen LogP contribution in [0, 0.1) is 273 Å². The van der Waals surface area contributed by atoms with Gasteiger partial charge in [0.05, 0.1) is 0 Å². The summed E-state index contributed by atoms with van der Waals surface area (Å²) in [5.74, 6) is 36.3. The molecule has 36 saturated carbocycles. The fourth-order valence-corrected chi connectivity index (χ4v) is 55.2. The van der Waals surface area contributed by atoms with Gasteiger partial charge in [-0.05, 0) is 299 Å². The average Bonchev–Trinajstić information content (AvgIpc) is 2.99. The van der Waals surface area contributed by atoms with Crippen molar-refractivity contribution >= 4 is 0 Å². The van der Waals surface area contributed by atoms with E-state index in [0.717, 1.165) is 119 Å². The third-order valence-corrected chi connectivity index (χ3v) is 44.1. The van der Waals surface area contributed by atoms with Crippen molar-refractivity contribution in [1.29, 1.82) is 0 Å². The molecule has 52 heavy (non-hydrogen) atoms. The van der Waals surface area contributed by atoms with Gasteiger partial charge in [0.25, 0.3) is 0 Å². The molecule has 0 nitrogen and oxygen atoms in total. The predicted molar refractivity (Wildman–Crippen MR) is 163 cm³/mol. The molecule has 0 aliphatic heterocycles. The first-order valence-electron chi connectivity index (χ1n) is 25.9. The Morgan fingerprint density at radius 1 is 0.154 bits per heavy atom. The van der Waals surface area contributed by atoms with Crippen molar-refractivity contribution in [2.45, 2.75) is 25.7 Å². The lowest BCUT2D eigenvalue weighted by atomic mass is 8.45. The smallest absolute Gasteiger partial charge is 0.00502 e. The van der Waals surface area contributed by atoms with Crippen LogP contribution in [-0.4, -0.2) is 0 Å². The molecule has 0 radical (unpaired) electrons. The van der Waals surface area contributed by atoms with E-state index < -0.39 is 0 Å². The zero-order valence-electron chi connectivity index (χ0n) is 28.8. The third kappa shape index (κ3) is 0.413. The van der Waals surface area contributed by atoms with E-state index in [1.54, 1.807) is 0 Å². The van der Waals surface area contributed by atoms with E-state index in [-0.39, 0.29) is 0 Å². The van der Waals surface area contributed by atoms with Crippen molar-refractivity contribution in [2.24, 2.45) is 273 Å². The Morgan fingerprint density at radius 3 is 0.500 bits per heavy atom. The van der Waals surface area contributed by atoms with Crippen LogP contribution < -0.4 is 0 Å². The molecule has 0 bridgehead atoms. The van der Waals surface area contributed by atoms with Gasteiger partial charge in [0.1, 0.15) is 0 Å². The summed E-state index contributed by atoms with van der Waals surface area (Å²) in [6.07, 6.45) is 7.26. The Hall–Kier alpha value is 0. The molecule has 36 aliphatic rings. The van der Waals surface area contributed by atoms with Gasteiger partial charge in [0.15, 0.2) is 0 Å². The van der Waals surface area contributed by atoms with E-state index in [0.29, 0.717) is 0 Å². The van der Waals surface area contributed by atoms with Gasteiger partial charge >= 0.3 is 0 Å². The molecule has 0 N–H and O–H groups in total. The maximum absolute atomic E-state index is 1.82. The van der Waals surface area contributed by atoms with E-state index in [1.165, 1.54) is 154 Å². The molecule has 0 saturated heterocycles. The fourth-order valence-electron chi connectivity index (χ4n) is 55.2. The monoisotopic (exact) mass is 658 g/mol. The van der Waals surface area contributed by atoms with Crippen molar-refractivity contribution in [3.8, 4) is 0 Å². The van der Waals surface area contributed by atoms with Crippen LogP contribution in [0.2, 0.25) is 0 Å². The van der Waals surface area contributed by atoms with Crippen molar-refractivity contribution < 1.29 is 0 Å². The van der Waals surface area contributed by atoms with Crippen LogP contribution in [0.15, 0.2) is 0 Å². The summed E-state index contributed by atoms with van der Waals surface area (Å²) >= 11 is 0. The van der Waals surface area contributed by atoms with Gasteiger partial charge in [0.2, 0.25) is 0 Å². The quantitative estimate of drug-likeness (QED) is 0.353. The molecule has 36 rings (SSSR count). The predicted octanol–water partition coefficient (Wildman–Crippen LogP) is 4.76. The normalized spacial score (nSPS) is 137. The first-order chi connectivity index (χ1) is 25.9. The second-order valence-electron chi connectivity index (χ2n) is 33.3. The Morgan fingerprint density at radius 2 is 0.308 bits per heavy atom. The molecular formula is C52H34. The second kappa shape index (κ2) is 2.78. The minimum atomic E-state index is 1.10. The van der Waals surface area contributed by atoms with Crippen LogP contribution in [0.3, 0.4) is 0 Å². The van der Waals surface area contributed by atoms with Gasteiger partial charge < -0.3 is 0 Å². The summed E-state index contributed by atoms with van der Waals surface area (Å²) < 4.78 is 0. The highest BCUT2D eigenvalue weighted by molar-refractivity contribution is 6.04. The van der Waals surface area contributed by atoms with Gasteiger partial charge in [-0.3, -0.25) is 0 Å². The zero-order valence-corrected chi connectivity index (χ0v) is 28.8. The van der Waals surface area contributed by atoms with Gasteiger partial charge in [-0.25, -0.2) is 0 Å². The van der Waals surface area contributed by atoms with Crippen LogP contribution in [-0.2, 0) is 0 Å². The van der Waals surface area contributed by atoms with Crippen LogP contribution in [0.1, 0.15) is 25.7 Å². The van der Waals surface area contributed by atoms with Crippen molar-refractivity contribution in [1.82, 2.24) is 0 Å². The minimum Gasteiger partial charge on any atom is -0.0458 e. The van der Waals surface area contributed by atoms with E-state index in [1.807, 2.05) is 25.7 Å². The maximum atomic E-state index is 1.82.